The van der Waals surface area contributed by atoms with E-state index in [1.54, 1.807) is 0 Å². The minimum atomic E-state index is -0.415. The lowest BCUT2D eigenvalue weighted by molar-refractivity contribution is -0.553. The van der Waals surface area contributed by atoms with Gasteiger partial charge in [0.25, 0.3) is 0 Å². The van der Waals surface area contributed by atoms with Gasteiger partial charge in [-0.15, -0.1) is 5.43 Å². The summed E-state index contributed by atoms with van der Waals surface area (Å²) in [4.78, 5) is 10.8. The van der Waals surface area contributed by atoms with Gasteiger partial charge in [-0.2, -0.15) is 0 Å². The second-order valence-electron chi connectivity index (χ2n) is 7.33. The number of unbranched alkanes of at least 4 members (excludes halogenated alkanes) is 1. The van der Waals surface area contributed by atoms with Crippen molar-refractivity contribution in [2.75, 3.05) is 6.61 Å². The molecule has 0 aliphatic heterocycles. The second-order valence-corrected chi connectivity index (χ2v) is 7.33. The monoisotopic (exact) mass is 348 g/mol. The Hall–Kier alpha value is -1.62. The average molecular weight is 348 g/mol. The highest BCUT2D eigenvalue weighted by Crippen LogP contribution is 2.34. The van der Waals surface area contributed by atoms with Gasteiger partial charge in [-0.05, 0) is 43.6 Å². The third-order valence-electron chi connectivity index (χ3n) is 5.37. The van der Waals surface area contributed by atoms with Gasteiger partial charge in [0.05, 0.1) is 18.8 Å². The van der Waals surface area contributed by atoms with Crippen LogP contribution in [0.3, 0.4) is 0 Å². The summed E-state index contributed by atoms with van der Waals surface area (Å²) in [5, 5.41) is 10.4. The molecule has 1 fully saturated rings. The van der Waals surface area contributed by atoms with Crippen LogP contribution >= 0.6 is 0 Å². The standard InChI is InChI=1S/C20H32N2O3/c1-3-4-10-20(21-22(23)24)16(2)15-25-19-13-11-18(12-14-19)17-8-6-5-7-9-17/h5-9,16,18-21H,3-4,10-15H2,1-2H3. The molecule has 0 radical (unpaired) electrons. The van der Waals surface area contributed by atoms with Gasteiger partial charge in [0.15, 0.2) is 5.03 Å². The summed E-state index contributed by atoms with van der Waals surface area (Å²) in [6.45, 7) is 4.75. The molecule has 1 saturated carbocycles. The van der Waals surface area contributed by atoms with Crippen LogP contribution < -0.4 is 5.43 Å². The van der Waals surface area contributed by atoms with Gasteiger partial charge in [-0.25, -0.2) is 10.1 Å². The van der Waals surface area contributed by atoms with E-state index in [2.05, 4.69) is 42.7 Å². The average Bonchev–Trinajstić information content (AvgIpc) is 2.64. The Morgan fingerprint density at radius 2 is 1.92 bits per heavy atom. The summed E-state index contributed by atoms with van der Waals surface area (Å²) in [5.41, 5.74) is 3.91. The smallest absolute Gasteiger partial charge is 0.157 e. The fourth-order valence-electron chi connectivity index (χ4n) is 3.73. The van der Waals surface area contributed by atoms with Crippen LogP contribution in [0.5, 0.6) is 0 Å². The Balaban J connectivity index is 1.74. The Kier molecular flexibility index (Phi) is 8.19. The van der Waals surface area contributed by atoms with Gasteiger partial charge in [-0.3, -0.25) is 0 Å². The third-order valence-corrected chi connectivity index (χ3v) is 5.37. The van der Waals surface area contributed by atoms with Crippen LogP contribution in [0.4, 0.5) is 0 Å². The predicted molar refractivity (Wildman–Crippen MR) is 100.0 cm³/mol. The first kappa shape index (κ1) is 19.7. The highest BCUT2D eigenvalue weighted by Gasteiger charge is 2.26. The Morgan fingerprint density at radius 1 is 1.24 bits per heavy atom. The van der Waals surface area contributed by atoms with Gasteiger partial charge in [0.2, 0.25) is 0 Å². The summed E-state index contributed by atoms with van der Waals surface area (Å²) in [6.07, 6.45) is 7.65. The van der Waals surface area contributed by atoms with E-state index in [0.717, 1.165) is 44.9 Å². The van der Waals surface area contributed by atoms with Gasteiger partial charge < -0.3 is 4.74 Å². The van der Waals surface area contributed by atoms with Crippen LogP contribution in [-0.2, 0) is 4.74 Å². The van der Waals surface area contributed by atoms with Crippen molar-refractivity contribution < 1.29 is 9.77 Å². The van der Waals surface area contributed by atoms with Gasteiger partial charge in [-0.1, -0.05) is 57.0 Å². The van der Waals surface area contributed by atoms with E-state index < -0.39 is 5.03 Å². The first-order valence-electron chi connectivity index (χ1n) is 9.67. The summed E-state index contributed by atoms with van der Waals surface area (Å²) in [5.74, 6) is 0.788. The van der Waals surface area contributed by atoms with Crippen molar-refractivity contribution in [3.05, 3.63) is 46.0 Å². The third kappa shape index (κ3) is 6.65. The maximum Gasteiger partial charge on any atom is 0.157 e. The quantitative estimate of drug-likeness (QED) is 0.491. The molecule has 0 heterocycles. The lowest BCUT2D eigenvalue weighted by atomic mass is 9.83. The SMILES string of the molecule is CCCCC(N[N+](=O)[O-])C(C)COC1CCC(c2ccccc2)CC1. The molecule has 2 unspecified atom stereocenters. The Morgan fingerprint density at radius 3 is 2.52 bits per heavy atom. The largest absolute Gasteiger partial charge is 0.378 e. The summed E-state index contributed by atoms with van der Waals surface area (Å²) in [6, 6.07) is 10.6. The topological polar surface area (TPSA) is 64.4 Å². The molecule has 1 aromatic rings. The number of hydrogen-bond donors (Lipinski definition) is 1. The fourth-order valence-corrected chi connectivity index (χ4v) is 3.73. The van der Waals surface area contributed by atoms with E-state index in [1.165, 1.54) is 5.56 Å². The van der Waals surface area contributed by atoms with Crippen LogP contribution in [0.1, 0.15) is 70.3 Å². The zero-order valence-corrected chi connectivity index (χ0v) is 15.5. The minimum absolute atomic E-state index is 0.115. The van der Waals surface area contributed by atoms with E-state index in [0.29, 0.717) is 18.6 Å². The van der Waals surface area contributed by atoms with E-state index in [-0.39, 0.29) is 12.0 Å². The molecule has 0 aromatic heterocycles. The van der Waals surface area contributed by atoms with Crippen molar-refractivity contribution in [1.82, 2.24) is 5.43 Å². The van der Waals surface area contributed by atoms with Crippen LogP contribution in [0.15, 0.2) is 30.3 Å². The predicted octanol–water partition coefficient (Wildman–Crippen LogP) is 4.71. The number of nitrogens with one attached hydrogen (secondary N) is 1. The van der Waals surface area contributed by atoms with Gasteiger partial charge >= 0.3 is 0 Å². The molecule has 1 aromatic carbocycles. The van der Waals surface area contributed by atoms with E-state index >= 15 is 0 Å². The van der Waals surface area contributed by atoms with Crippen molar-refractivity contribution in [3.8, 4) is 0 Å². The molecule has 25 heavy (non-hydrogen) atoms. The summed E-state index contributed by atoms with van der Waals surface area (Å²) in [7, 11) is 0. The number of rotatable bonds is 10. The molecule has 1 aliphatic carbocycles. The normalized spacial score (nSPS) is 23.0. The van der Waals surface area contributed by atoms with Crippen LogP contribution in [-0.4, -0.2) is 23.8 Å². The molecule has 2 atom stereocenters. The molecule has 5 nitrogen and oxygen atoms in total. The lowest BCUT2D eigenvalue weighted by Gasteiger charge is -2.30. The van der Waals surface area contributed by atoms with Crippen molar-refractivity contribution in [3.63, 3.8) is 0 Å². The first-order chi connectivity index (χ1) is 12.1. The molecule has 0 saturated heterocycles. The van der Waals surface area contributed by atoms with Crippen LogP contribution in [0.2, 0.25) is 0 Å². The molecule has 140 valence electrons. The zero-order chi connectivity index (χ0) is 18.1. The summed E-state index contributed by atoms with van der Waals surface area (Å²) < 4.78 is 6.11. The molecule has 0 bridgehead atoms. The van der Waals surface area contributed by atoms with E-state index in [9.17, 15) is 10.1 Å². The summed E-state index contributed by atoms with van der Waals surface area (Å²) >= 11 is 0. The van der Waals surface area contributed by atoms with E-state index in [4.69, 9.17) is 4.74 Å². The van der Waals surface area contributed by atoms with Crippen molar-refractivity contribution in [2.45, 2.75) is 76.9 Å². The Labute approximate surface area is 151 Å². The minimum Gasteiger partial charge on any atom is -0.378 e. The number of nitrogens with zero attached hydrogens (tertiary/aromatic N) is 1. The molecule has 1 N–H and O–H groups in total. The van der Waals surface area contributed by atoms with Crippen molar-refractivity contribution in [1.29, 1.82) is 0 Å². The maximum absolute atomic E-state index is 10.8. The highest BCUT2D eigenvalue weighted by molar-refractivity contribution is 5.19. The number of hydrogen-bond acceptors (Lipinski definition) is 3. The number of hydrazine groups is 1. The van der Waals surface area contributed by atoms with Crippen molar-refractivity contribution in [2.24, 2.45) is 5.92 Å². The Bertz CT molecular complexity index is 501. The maximum atomic E-state index is 10.8. The molecule has 2 rings (SSSR count). The number of ether oxygens (including phenoxy) is 1. The van der Waals surface area contributed by atoms with Crippen molar-refractivity contribution >= 4 is 0 Å². The molecule has 1 aliphatic rings. The molecule has 0 amide bonds. The zero-order valence-electron chi connectivity index (χ0n) is 15.5. The number of benzene rings is 1. The first-order valence-corrected chi connectivity index (χ1v) is 9.67. The van der Waals surface area contributed by atoms with Gasteiger partial charge in [0, 0.05) is 5.92 Å². The highest BCUT2D eigenvalue weighted by atomic mass is 16.7. The van der Waals surface area contributed by atoms with Gasteiger partial charge in [0.1, 0.15) is 0 Å². The lowest BCUT2D eigenvalue weighted by Crippen LogP contribution is -2.41. The molecule has 0 spiro atoms. The van der Waals surface area contributed by atoms with E-state index in [1.807, 2.05) is 6.92 Å². The molecule has 5 heteroatoms. The van der Waals surface area contributed by atoms with Crippen LogP contribution in [0, 0.1) is 16.0 Å². The second kappa shape index (κ2) is 10.4. The molecular weight excluding hydrogens is 316 g/mol. The molecular formula is C20H32N2O3. The number of nitro groups is 1. The van der Waals surface area contributed by atoms with Crippen LogP contribution in [0.25, 0.3) is 0 Å². The fraction of sp³-hybridized carbons (Fsp3) is 0.700.